The second-order valence-electron chi connectivity index (χ2n) is 6.90. The van der Waals surface area contributed by atoms with Gasteiger partial charge in [-0.05, 0) is 43.9 Å². The van der Waals surface area contributed by atoms with E-state index < -0.39 is 5.97 Å². The van der Waals surface area contributed by atoms with Crippen LogP contribution in [-0.4, -0.2) is 34.5 Å². The van der Waals surface area contributed by atoms with E-state index in [0.29, 0.717) is 18.4 Å². The summed E-state index contributed by atoms with van der Waals surface area (Å²) in [6.45, 7) is 5.17. The van der Waals surface area contributed by atoms with E-state index in [4.69, 9.17) is 5.11 Å². The monoisotopic (exact) mass is 281 g/mol. The molecule has 4 heteroatoms. The Balaban J connectivity index is 2.03. The van der Waals surface area contributed by atoms with E-state index >= 15 is 0 Å². The number of carboxylic acid groups (broad SMARTS) is 1. The van der Waals surface area contributed by atoms with E-state index in [1.165, 1.54) is 6.42 Å². The number of carboxylic acids is 1. The molecule has 1 aliphatic heterocycles. The van der Waals surface area contributed by atoms with Crippen LogP contribution in [0.2, 0.25) is 0 Å². The van der Waals surface area contributed by atoms with Crippen LogP contribution in [0.5, 0.6) is 0 Å². The van der Waals surface area contributed by atoms with E-state index in [9.17, 15) is 9.59 Å². The van der Waals surface area contributed by atoms with Crippen LogP contribution in [0.3, 0.4) is 0 Å². The molecule has 2 rings (SSSR count). The van der Waals surface area contributed by atoms with Crippen molar-refractivity contribution in [2.24, 2.45) is 11.3 Å². The second-order valence-corrected chi connectivity index (χ2v) is 6.90. The maximum Gasteiger partial charge on any atom is 0.303 e. The zero-order chi connectivity index (χ0) is 14.8. The Hall–Kier alpha value is -1.06. The Labute approximate surface area is 121 Å². The van der Waals surface area contributed by atoms with Gasteiger partial charge in [0, 0.05) is 19.0 Å². The number of rotatable bonds is 4. The lowest BCUT2D eigenvalue weighted by atomic mass is 9.78. The lowest BCUT2D eigenvalue weighted by Gasteiger charge is -2.40. The SMILES string of the molecule is CC1CCCN(C(=O)CC2(CC(=O)O)CCCC2)C1C. The van der Waals surface area contributed by atoms with Crippen molar-refractivity contribution in [3.8, 4) is 0 Å². The molecule has 1 amide bonds. The summed E-state index contributed by atoms with van der Waals surface area (Å²) < 4.78 is 0. The molecular weight excluding hydrogens is 254 g/mol. The second kappa shape index (κ2) is 6.15. The number of aliphatic carboxylic acids is 1. The molecular formula is C16H27NO3. The standard InChI is InChI=1S/C16H27NO3/c1-12-6-5-9-17(13(12)2)14(18)10-16(11-15(19)20)7-3-4-8-16/h12-13H,3-11H2,1-2H3,(H,19,20). The molecule has 1 aliphatic carbocycles. The normalized spacial score (nSPS) is 29.4. The van der Waals surface area contributed by atoms with E-state index in [1.807, 2.05) is 4.90 Å². The van der Waals surface area contributed by atoms with Gasteiger partial charge in [0.2, 0.25) is 5.91 Å². The Morgan fingerprint density at radius 3 is 2.40 bits per heavy atom. The van der Waals surface area contributed by atoms with Gasteiger partial charge in [-0.3, -0.25) is 9.59 Å². The summed E-state index contributed by atoms with van der Waals surface area (Å²) in [5.74, 6) is -0.0429. The zero-order valence-electron chi connectivity index (χ0n) is 12.7. The van der Waals surface area contributed by atoms with Gasteiger partial charge in [-0.2, -0.15) is 0 Å². The quantitative estimate of drug-likeness (QED) is 0.861. The minimum Gasteiger partial charge on any atom is -0.481 e. The van der Waals surface area contributed by atoms with E-state index in [0.717, 1.165) is 38.6 Å². The molecule has 0 aromatic heterocycles. The van der Waals surface area contributed by atoms with Gasteiger partial charge in [0.25, 0.3) is 0 Å². The van der Waals surface area contributed by atoms with Crippen molar-refractivity contribution in [1.82, 2.24) is 4.90 Å². The van der Waals surface area contributed by atoms with Crippen LogP contribution in [0.4, 0.5) is 0 Å². The van der Waals surface area contributed by atoms with Crippen molar-refractivity contribution in [2.45, 2.75) is 71.3 Å². The molecule has 2 unspecified atom stereocenters. The van der Waals surface area contributed by atoms with Crippen LogP contribution in [-0.2, 0) is 9.59 Å². The number of likely N-dealkylation sites (tertiary alicyclic amines) is 1. The Kier molecular flexibility index (Phi) is 4.71. The molecule has 114 valence electrons. The minimum absolute atomic E-state index is 0.149. The average molecular weight is 281 g/mol. The predicted octanol–water partition coefficient (Wildman–Crippen LogP) is 3.06. The van der Waals surface area contributed by atoms with Gasteiger partial charge < -0.3 is 10.0 Å². The molecule has 1 saturated heterocycles. The van der Waals surface area contributed by atoms with Gasteiger partial charge in [0.15, 0.2) is 0 Å². The van der Waals surface area contributed by atoms with Gasteiger partial charge in [-0.1, -0.05) is 19.8 Å². The first-order valence-corrected chi connectivity index (χ1v) is 7.95. The van der Waals surface area contributed by atoms with Crippen molar-refractivity contribution >= 4 is 11.9 Å². The Morgan fingerprint density at radius 2 is 1.80 bits per heavy atom. The average Bonchev–Trinajstić information content (AvgIpc) is 2.79. The predicted molar refractivity (Wildman–Crippen MR) is 77.3 cm³/mol. The number of piperidine rings is 1. The highest BCUT2D eigenvalue weighted by Crippen LogP contribution is 2.44. The fraction of sp³-hybridized carbons (Fsp3) is 0.875. The van der Waals surface area contributed by atoms with E-state index in [2.05, 4.69) is 13.8 Å². The maximum absolute atomic E-state index is 12.6. The number of nitrogens with zero attached hydrogens (tertiary/aromatic N) is 1. The summed E-state index contributed by atoms with van der Waals surface area (Å²) in [6, 6.07) is 0.291. The van der Waals surface area contributed by atoms with Gasteiger partial charge in [0.05, 0.1) is 6.42 Å². The van der Waals surface area contributed by atoms with Crippen molar-refractivity contribution in [2.75, 3.05) is 6.54 Å². The zero-order valence-corrected chi connectivity index (χ0v) is 12.7. The number of hydrogen-bond donors (Lipinski definition) is 1. The lowest BCUT2D eigenvalue weighted by molar-refractivity contribution is -0.143. The maximum atomic E-state index is 12.6. The van der Waals surface area contributed by atoms with Crippen LogP contribution in [0, 0.1) is 11.3 Å². The van der Waals surface area contributed by atoms with Gasteiger partial charge in [-0.15, -0.1) is 0 Å². The molecule has 0 spiro atoms. The van der Waals surface area contributed by atoms with E-state index in [1.54, 1.807) is 0 Å². The lowest BCUT2D eigenvalue weighted by Crippen LogP contribution is -2.47. The number of hydrogen-bond acceptors (Lipinski definition) is 2. The molecule has 0 aromatic rings. The fourth-order valence-corrected chi connectivity index (χ4v) is 3.97. The van der Waals surface area contributed by atoms with Crippen LogP contribution in [0.15, 0.2) is 0 Å². The molecule has 4 nitrogen and oxygen atoms in total. The first kappa shape index (κ1) is 15.3. The Bertz CT molecular complexity index is 374. The fourth-order valence-electron chi connectivity index (χ4n) is 3.97. The number of carbonyl (C=O) groups excluding carboxylic acids is 1. The summed E-state index contributed by atoms with van der Waals surface area (Å²) in [5, 5.41) is 9.13. The summed E-state index contributed by atoms with van der Waals surface area (Å²) >= 11 is 0. The smallest absolute Gasteiger partial charge is 0.303 e. The molecule has 0 radical (unpaired) electrons. The molecule has 0 aromatic carbocycles. The van der Waals surface area contributed by atoms with Crippen LogP contribution in [0.25, 0.3) is 0 Å². The van der Waals surface area contributed by atoms with Gasteiger partial charge in [0.1, 0.15) is 0 Å². The summed E-state index contributed by atoms with van der Waals surface area (Å²) in [7, 11) is 0. The van der Waals surface area contributed by atoms with Crippen molar-refractivity contribution in [3.05, 3.63) is 0 Å². The Morgan fingerprint density at radius 1 is 1.15 bits per heavy atom. The number of amides is 1. The first-order valence-electron chi connectivity index (χ1n) is 7.95. The summed E-state index contributed by atoms with van der Waals surface area (Å²) in [5.41, 5.74) is -0.274. The molecule has 1 N–H and O–H groups in total. The largest absolute Gasteiger partial charge is 0.481 e. The molecule has 20 heavy (non-hydrogen) atoms. The highest BCUT2D eigenvalue weighted by Gasteiger charge is 2.40. The van der Waals surface area contributed by atoms with Crippen LogP contribution >= 0.6 is 0 Å². The molecule has 0 bridgehead atoms. The third-order valence-corrected chi connectivity index (χ3v) is 5.41. The minimum atomic E-state index is -0.764. The molecule has 1 saturated carbocycles. The molecule has 2 fully saturated rings. The highest BCUT2D eigenvalue weighted by atomic mass is 16.4. The molecule has 2 atom stereocenters. The summed E-state index contributed by atoms with van der Waals surface area (Å²) in [4.78, 5) is 25.7. The third kappa shape index (κ3) is 3.33. The number of carbonyl (C=O) groups is 2. The van der Waals surface area contributed by atoms with Crippen LogP contribution < -0.4 is 0 Å². The van der Waals surface area contributed by atoms with Gasteiger partial charge >= 0.3 is 5.97 Å². The first-order chi connectivity index (χ1) is 9.43. The van der Waals surface area contributed by atoms with Crippen molar-refractivity contribution in [3.63, 3.8) is 0 Å². The highest BCUT2D eigenvalue weighted by molar-refractivity contribution is 5.78. The van der Waals surface area contributed by atoms with Gasteiger partial charge in [-0.25, -0.2) is 0 Å². The van der Waals surface area contributed by atoms with Crippen molar-refractivity contribution < 1.29 is 14.7 Å². The third-order valence-electron chi connectivity index (χ3n) is 5.41. The molecule has 2 aliphatic rings. The molecule has 1 heterocycles. The van der Waals surface area contributed by atoms with Crippen molar-refractivity contribution in [1.29, 1.82) is 0 Å². The van der Waals surface area contributed by atoms with E-state index in [-0.39, 0.29) is 17.7 Å². The van der Waals surface area contributed by atoms with Crippen LogP contribution in [0.1, 0.15) is 65.2 Å². The summed E-state index contributed by atoms with van der Waals surface area (Å²) in [6.07, 6.45) is 6.74. The topological polar surface area (TPSA) is 57.6 Å².